The number of pyridine rings is 2. The van der Waals surface area contributed by atoms with E-state index in [1.807, 2.05) is 181 Å². The third kappa shape index (κ3) is 73.5. The van der Waals surface area contributed by atoms with E-state index in [1.54, 1.807) is 66.1 Å². The first-order valence-electron chi connectivity index (χ1n) is 45.4. The number of H-pyrrole nitrogens is 1. The van der Waals surface area contributed by atoms with Crippen LogP contribution in [0, 0.1) is 59.2 Å². The minimum absolute atomic E-state index is 0.734. The van der Waals surface area contributed by atoms with Crippen LogP contribution in [-0.4, -0.2) is 81.4 Å². The number of ether oxygens (including phenoxy) is 1. The van der Waals surface area contributed by atoms with E-state index in [0.717, 1.165) is 117 Å². The van der Waals surface area contributed by atoms with Crippen molar-refractivity contribution in [3.8, 4) is 5.75 Å². The number of nitrogens with zero attached hydrogens (tertiary/aromatic N) is 11. The van der Waals surface area contributed by atoms with Crippen molar-refractivity contribution in [3.05, 3.63) is 309 Å². The number of aromatic nitrogens is 11. The summed E-state index contributed by atoms with van der Waals surface area (Å²) in [6.45, 7) is 66.8. The van der Waals surface area contributed by atoms with Gasteiger partial charge in [-0.05, 0) is 196 Å². The third-order valence-electron chi connectivity index (χ3n) is 12.7. The van der Waals surface area contributed by atoms with Crippen molar-refractivity contribution in [2.45, 2.75) is 219 Å². The van der Waals surface area contributed by atoms with Crippen LogP contribution in [0.3, 0.4) is 0 Å². The van der Waals surface area contributed by atoms with Gasteiger partial charge in [0.1, 0.15) is 24.2 Å². The molecule has 8 aromatic heterocycles. The van der Waals surface area contributed by atoms with Gasteiger partial charge in [0, 0.05) is 70.2 Å². The molecule has 0 fully saturated rings. The quantitative estimate of drug-likeness (QED) is 0.152. The number of hydrogen-bond donors (Lipinski definition) is 1. The van der Waals surface area contributed by atoms with Crippen molar-refractivity contribution in [3.63, 3.8) is 0 Å². The lowest BCUT2D eigenvalue weighted by atomic mass is 10.2. The molecule has 8 aromatic carbocycles. The molecule has 18 rings (SSSR count). The fraction of sp³-hybridized carbons (Fsp3) is 0.405. The molecule has 0 atom stereocenters. The molecular formula is C111H162N12O2S3. The molecular weight excluding hydrogens is 1630 g/mol. The number of thiophene rings is 1. The first kappa shape index (κ1) is 119. The molecule has 16 aromatic rings. The molecule has 10 heterocycles. The number of fused-ring (bicyclic) bond motifs is 8. The second-order valence-corrected chi connectivity index (χ2v) is 38.9. The fourth-order valence-corrected chi connectivity index (χ4v) is 10.8. The van der Waals surface area contributed by atoms with Crippen molar-refractivity contribution < 1.29 is 9.26 Å². The van der Waals surface area contributed by atoms with Crippen molar-refractivity contribution in [1.29, 1.82) is 0 Å². The monoisotopic (exact) mass is 1790 g/mol. The van der Waals surface area contributed by atoms with Crippen LogP contribution in [0.5, 0.6) is 5.75 Å². The topological polar surface area (TPSA) is 170 Å². The Morgan fingerprint density at radius 2 is 0.812 bits per heavy atom. The predicted molar refractivity (Wildman–Crippen MR) is 568 cm³/mol. The van der Waals surface area contributed by atoms with E-state index in [1.165, 1.54) is 60.2 Å². The zero-order valence-corrected chi connectivity index (χ0v) is 86.4. The van der Waals surface area contributed by atoms with E-state index in [2.05, 4.69) is 359 Å². The zero-order valence-electron chi connectivity index (χ0n) is 83.9. The second kappa shape index (κ2) is 78.6. The zero-order chi connectivity index (χ0) is 96.1. The van der Waals surface area contributed by atoms with Gasteiger partial charge >= 0.3 is 0 Å². The van der Waals surface area contributed by atoms with Crippen LogP contribution in [0.2, 0.25) is 0 Å². The summed E-state index contributed by atoms with van der Waals surface area (Å²) in [7, 11) is 2.08. The smallest absolute Gasteiger partial charge is 0.187 e. The summed E-state index contributed by atoms with van der Waals surface area (Å²) in [6.07, 6.45) is 16.7. The molecule has 0 aliphatic carbocycles. The van der Waals surface area contributed by atoms with Crippen LogP contribution in [0.25, 0.3) is 64.1 Å². The van der Waals surface area contributed by atoms with Gasteiger partial charge in [-0.2, -0.15) is 10.2 Å². The summed E-state index contributed by atoms with van der Waals surface area (Å²) >= 11 is 5.43. The number of para-hydroxylation sites is 6. The normalized spacial score (nSPS) is 10.4. The minimum atomic E-state index is 0.734. The van der Waals surface area contributed by atoms with Gasteiger partial charge in [0.15, 0.2) is 5.58 Å². The molecule has 0 saturated heterocycles. The molecule has 0 radical (unpaired) electrons. The fourth-order valence-electron chi connectivity index (χ4n) is 8.27. The van der Waals surface area contributed by atoms with Crippen molar-refractivity contribution in [2.75, 3.05) is 30.9 Å². The highest BCUT2D eigenvalue weighted by atomic mass is 32.2. The minimum Gasteiger partial charge on any atom is -0.490 e. The SMILES string of the molecule is CC(C)C.CC(C)C.CC(C)C.CC(C)C.CC(C)C.CC(C)C.CC(C)C.CC(C)C.CC(C)C.CC(C)C.CN1CCOc2ccccc21.c1ccc2[nH]cnc2c1.c1ccc2c(c1)CCS2.c1ccc2cnccc2c1.c1ccc2nnccc2c1.c1ccc2onnc2c1.c1ccc2sccc2c1.c1ccc2scnc2c1.c1ccncc1.c1cncnc1. The number of rotatable bonds is 0. The summed E-state index contributed by atoms with van der Waals surface area (Å²) < 4.78 is 12.8. The first-order chi connectivity index (χ1) is 61.0. The van der Waals surface area contributed by atoms with Crippen LogP contribution in [0.1, 0.15) is 213 Å². The molecule has 14 nitrogen and oxygen atoms in total. The summed E-state index contributed by atoms with van der Waals surface area (Å²) in [5, 5.41) is 21.8. The number of hydrogen-bond acceptors (Lipinski definition) is 16. The van der Waals surface area contributed by atoms with Gasteiger partial charge in [-0.1, -0.05) is 341 Å². The lowest BCUT2D eigenvalue weighted by Crippen LogP contribution is -2.28. The molecule has 0 amide bonds. The van der Waals surface area contributed by atoms with Gasteiger partial charge in [0.25, 0.3) is 0 Å². The molecule has 128 heavy (non-hydrogen) atoms. The van der Waals surface area contributed by atoms with Crippen LogP contribution < -0.4 is 9.64 Å². The van der Waals surface area contributed by atoms with Crippen molar-refractivity contribution in [1.82, 2.24) is 55.5 Å². The molecule has 2 aliphatic heterocycles. The maximum absolute atomic E-state index is 5.45. The lowest BCUT2D eigenvalue weighted by Gasteiger charge is -2.27. The Morgan fingerprint density at radius 3 is 1.30 bits per heavy atom. The molecule has 696 valence electrons. The van der Waals surface area contributed by atoms with Gasteiger partial charge in [-0.25, -0.2) is 19.9 Å². The van der Waals surface area contributed by atoms with Crippen LogP contribution in [0.15, 0.2) is 313 Å². The average molecular weight is 1790 g/mol. The number of nitrogens with one attached hydrogen (secondary N) is 1. The maximum atomic E-state index is 5.45. The van der Waals surface area contributed by atoms with Crippen LogP contribution in [0.4, 0.5) is 5.69 Å². The Hall–Kier alpha value is -10.6. The molecule has 2 aliphatic rings. The van der Waals surface area contributed by atoms with Crippen molar-refractivity contribution in [2.24, 2.45) is 59.2 Å². The molecule has 1 N–H and O–H groups in total. The van der Waals surface area contributed by atoms with Gasteiger partial charge in [0.2, 0.25) is 0 Å². The second-order valence-electron chi connectivity index (χ2n) is 35.9. The number of likely N-dealkylation sites (N-methyl/N-ethyl adjacent to an activating group) is 1. The summed E-state index contributed by atoms with van der Waals surface area (Å²) in [6, 6.07) is 78.4. The van der Waals surface area contributed by atoms with Gasteiger partial charge in [0.05, 0.1) is 57.0 Å². The van der Waals surface area contributed by atoms with E-state index >= 15 is 0 Å². The largest absolute Gasteiger partial charge is 0.490 e. The van der Waals surface area contributed by atoms with E-state index < -0.39 is 0 Å². The summed E-state index contributed by atoms with van der Waals surface area (Å²) in [5.41, 5.74) is 10.3. The van der Waals surface area contributed by atoms with Crippen molar-refractivity contribution >= 4 is 104 Å². The highest BCUT2D eigenvalue weighted by Crippen LogP contribution is 2.31. The molecule has 17 heteroatoms. The molecule has 0 unspecified atom stereocenters. The lowest BCUT2D eigenvalue weighted by molar-refractivity contribution is 0.311. The predicted octanol–water partition coefficient (Wildman–Crippen LogP) is 33.9. The van der Waals surface area contributed by atoms with E-state index in [-0.39, 0.29) is 0 Å². The number of anilines is 1. The number of aryl methyl sites for hydroxylation is 1. The van der Waals surface area contributed by atoms with Crippen LogP contribution in [-0.2, 0) is 6.42 Å². The number of thioether (sulfide) groups is 1. The summed E-state index contributed by atoms with van der Waals surface area (Å²) in [5.74, 6) is 10.6. The average Bonchev–Trinajstić information content (AvgIpc) is 1.25. The first-order valence-corrected chi connectivity index (χ1v) is 48.1. The Balaban J connectivity index is 0. The van der Waals surface area contributed by atoms with E-state index in [4.69, 9.17) is 9.26 Å². The van der Waals surface area contributed by atoms with E-state index in [9.17, 15) is 0 Å². The number of imidazole rings is 1. The molecule has 0 bridgehead atoms. The molecule has 0 saturated carbocycles. The van der Waals surface area contributed by atoms with E-state index in [0.29, 0.717) is 0 Å². The maximum Gasteiger partial charge on any atom is 0.187 e. The standard InChI is InChI=1S/C9H11NO.C9H7N.C8H6N2.C8H8S.C8H6S.C7H6N2.C7H5NS.C6H4N2O.C5H5N.C4H4N2.10C4H10/c1-10-6-7-11-9-5-3-2-4-8(9)10;1-2-4-9-7-10-6-5-8(9)3-1;1-2-4-8-7(3-1)5-6-9-10-8;2*1-2-4-8-7(3-1)5-6-9-8;2*1-2-4-7-6(3-1)8-5-9-7;1-2-4-6-5(3-1)7-8-9-6;1-2-4-6-5-3-1;1-2-5-4-6-3-1;10*1-4(2)3/h2-5H,6-7H2,1H3;1-7H;1-6H;1-4H,5-6H2;1-6H;1-5H,(H,8,9);1-5H;1-4H;1-5H;1-4H;10*4H,1-3H3. The van der Waals surface area contributed by atoms with Gasteiger partial charge < -0.3 is 19.1 Å². The Morgan fingerprint density at radius 1 is 0.352 bits per heavy atom. The van der Waals surface area contributed by atoms with Crippen LogP contribution >= 0.6 is 34.4 Å². The number of thiazole rings is 1. The summed E-state index contributed by atoms with van der Waals surface area (Å²) in [4.78, 5) is 30.0. The number of aromatic amines is 1. The Bertz CT molecular complexity index is 4260. The highest BCUT2D eigenvalue weighted by Gasteiger charge is 2.12. The van der Waals surface area contributed by atoms with Gasteiger partial charge in [-0.3, -0.25) is 9.97 Å². The highest BCUT2D eigenvalue weighted by molar-refractivity contribution is 7.99. The third-order valence-corrected chi connectivity index (χ3v) is 15.5. The number of benzene rings is 8. The van der Waals surface area contributed by atoms with Gasteiger partial charge in [-0.15, -0.1) is 39.5 Å². The Kier molecular flexibility index (Phi) is 73.4. The molecule has 0 spiro atoms. The Labute approximate surface area is 787 Å².